The molecule has 2 aromatic rings. The van der Waals surface area contributed by atoms with Crippen LogP contribution in [0.5, 0.6) is 0 Å². The van der Waals surface area contributed by atoms with Crippen LogP contribution in [0.1, 0.15) is 18.1 Å². The van der Waals surface area contributed by atoms with Crippen molar-refractivity contribution in [2.75, 3.05) is 26.0 Å². The maximum atomic E-state index is 14.0. The molecule has 0 spiro atoms. The molecular formula is C21H26ClFN3O2+. The first-order valence-electron chi connectivity index (χ1n) is 9.05. The molecule has 2 N–H and O–H groups in total. The Kier molecular flexibility index (Phi) is 7.54. The first-order chi connectivity index (χ1) is 13.2. The standard InChI is InChI=1S/C21H25ClFN3O2/c1-14-8-10-16(11-9-14)24-20(27)13-26(4)21(28)15(2)25(3)12-17-18(22)6-5-7-19(17)23/h5-11,15H,12-13H2,1-4H3,(H,24,27)/p+1/t15-/m0/s1. The van der Waals surface area contributed by atoms with Gasteiger partial charge in [0.1, 0.15) is 12.4 Å². The fourth-order valence-corrected chi connectivity index (χ4v) is 3.04. The maximum Gasteiger partial charge on any atom is 0.280 e. The SMILES string of the molecule is Cc1ccc(NC(=O)CN(C)C(=O)[C@H](C)[NH+](C)Cc2c(F)cccc2Cl)cc1. The molecule has 2 amide bonds. The van der Waals surface area contributed by atoms with Crippen LogP contribution >= 0.6 is 11.6 Å². The monoisotopic (exact) mass is 406 g/mol. The van der Waals surface area contributed by atoms with Crippen LogP contribution in [0.4, 0.5) is 10.1 Å². The van der Waals surface area contributed by atoms with E-state index in [1.54, 1.807) is 33.2 Å². The Balaban J connectivity index is 1.93. The zero-order valence-electron chi connectivity index (χ0n) is 16.6. The molecule has 2 rings (SSSR count). The summed E-state index contributed by atoms with van der Waals surface area (Å²) in [5, 5.41) is 3.11. The number of carbonyl (C=O) groups excluding carboxylic acids is 2. The summed E-state index contributed by atoms with van der Waals surface area (Å²) in [4.78, 5) is 27.0. The van der Waals surface area contributed by atoms with E-state index in [1.807, 2.05) is 31.2 Å². The second-order valence-electron chi connectivity index (χ2n) is 7.05. The van der Waals surface area contributed by atoms with Crippen molar-refractivity contribution in [3.8, 4) is 0 Å². The molecule has 2 aromatic carbocycles. The Labute approximate surface area is 170 Å². The number of hydrogen-bond acceptors (Lipinski definition) is 2. The van der Waals surface area contributed by atoms with Gasteiger partial charge in [0.2, 0.25) is 5.91 Å². The lowest BCUT2D eigenvalue weighted by molar-refractivity contribution is -0.908. The van der Waals surface area contributed by atoms with E-state index >= 15 is 0 Å². The number of nitrogens with one attached hydrogen (secondary N) is 2. The Morgan fingerprint density at radius 2 is 1.86 bits per heavy atom. The van der Waals surface area contributed by atoms with Gasteiger partial charge in [-0.15, -0.1) is 0 Å². The van der Waals surface area contributed by atoms with E-state index in [-0.39, 0.29) is 24.9 Å². The minimum atomic E-state index is -0.465. The maximum absolute atomic E-state index is 14.0. The highest BCUT2D eigenvalue weighted by Gasteiger charge is 2.27. The summed E-state index contributed by atoms with van der Waals surface area (Å²) in [7, 11) is 3.38. The van der Waals surface area contributed by atoms with E-state index in [9.17, 15) is 14.0 Å². The van der Waals surface area contributed by atoms with Crippen molar-refractivity contribution in [2.45, 2.75) is 26.4 Å². The summed E-state index contributed by atoms with van der Waals surface area (Å²) in [6.45, 7) is 3.92. The minimum Gasteiger partial charge on any atom is -0.331 e. The average Bonchev–Trinajstić information content (AvgIpc) is 2.65. The van der Waals surface area contributed by atoms with Gasteiger partial charge in [-0.25, -0.2) is 4.39 Å². The van der Waals surface area contributed by atoms with Gasteiger partial charge in [0.25, 0.3) is 5.91 Å². The molecule has 0 radical (unpaired) electrons. The third-order valence-electron chi connectivity index (χ3n) is 4.72. The number of anilines is 1. The van der Waals surface area contributed by atoms with Gasteiger partial charge in [0.15, 0.2) is 6.04 Å². The molecule has 7 heteroatoms. The van der Waals surface area contributed by atoms with Gasteiger partial charge < -0.3 is 15.1 Å². The lowest BCUT2D eigenvalue weighted by Crippen LogP contribution is -3.12. The lowest BCUT2D eigenvalue weighted by atomic mass is 10.1. The highest BCUT2D eigenvalue weighted by molar-refractivity contribution is 6.31. The van der Waals surface area contributed by atoms with Gasteiger partial charge in [-0.1, -0.05) is 35.4 Å². The highest BCUT2D eigenvalue weighted by atomic mass is 35.5. The summed E-state index contributed by atoms with van der Waals surface area (Å²) in [6, 6.07) is 11.5. The second kappa shape index (κ2) is 9.66. The number of halogens is 2. The second-order valence-corrected chi connectivity index (χ2v) is 7.46. The van der Waals surface area contributed by atoms with E-state index < -0.39 is 11.9 Å². The summed E-state index contributed by atoms with van der Waals surface area (Å²) in [5.41, 5.74) is 2.16. The molecule has 0 aliphatic carbocycles. The quantitative estimate of drug-likeness (QED) is 0.741. The van der Waals surface area contributed by atoms with Crippen molar-refractivity contribution in [3.05, 3.63) is 64.4 Å². The Hall–Kier alpha value is -2.44. The third kappa shape index (κ3) is 5.78. The van der Waals surface area contributed by atoms with Crippen LogP contribution in [0.25, 0.3) is 0 Å². The van der Waals surface area contributed by atoms with Crippen LogP contribution in [0.15, 0.2) is 42.5 Å². The number of likely N-dealkylation sites (N-methyl/N-ethyl adjacent to an activating group) is 2. The van der Waals surface area contributed by atoms with Crippen molar-refractivity contribution >= 4 is 29.1 Å². The Bertz CT molecular complexity index is 822. The largest absolute Gasteiger partial charge is 0.331 e. The molecule has 0 saturated carbocycles. The van der Waals surface area contributed by atoms with Gasteiger partial charge in [0, 0.05) is 12.7 Å². The smallest absolute Gasteiger partial charge is 0.280 e. The summed E-state index contributed by atoms with van der Waals surface area (Å²) in [5.74, 6) is -0.872. The number of hydrogen-bond donors (Lipinski definition) is 2. The summed E-state index contributed by atoms with van der Waals surface area (Å²) in [6.07, 6.45) is 0. The van der Waals surface area contributed by atoms with Gasteiger partial charge in [-0.3, -0.25) is 9.59 Å². The number of quaternary nitrogens is 1. The fraction of sp³-hybridized carbons (Fsp3) is 0.333. The molecule has 0 heterocycles. The number of aryl methyl sites for hydroxylation is 1. The molecule has 5 nitrogen and oxygen atoms in total. The topological polar surface area (TPSA) is 53.9 Å². The van der Waals surface area contributed by atoms with Gasteiger partial charge in [-0.05, 0) is 38.1 Å². The molecule has 2 atom stereocenters. The minimum absolute atomic E-state index is 0.0647. The number of amides is 2. The van der Waals surface area contributed by atoms with Crippen LogP contribution in [0.2, 0.25) is 5.02 Å². The van der Waals surface area contributed by atoms with E-state index in [2.05, 4.69) is 5.32 Å². The first kappa shape index (κ1) is 21.9. The van der Waals surface area contributed by atoms with E-state index in [4.69, 9.17) is 11.6 Å². The predicted octanol–water partition coefficient (Wildman–Crippen LogP) is 2.29. The zero-order valence-corrected chi connectivity index (χ0v) is 17.3. The van der Waals surface area contributed by atoms with Crippen molar-refractivity contribution < 1.29 is 18.9 Å². The Morgan fingerprint density at radius 3 is 2.46 bits per heavy atom. The average molecular weight is 407 g/mol. The number of carbonyl (C=O) groups is 2. The van der Waals surface area contributed by atoms with Gasteiger partial charge >= 0.3 is 0 Å². The molecule has 0 saturated heterocycles. The van der Waals surface area contributed by atoms with Crippen LogP contribution in [-0.4, -0.2) is 43.4 Å². The molecule has 0 aliphatic heterocycles. The molecule has 28 heavy (non-hydrogen) atoms. The molecule has 0 fully saturated rings. The first-order valence-corrected chi connectivity index (χ1v) is 9.43. The van der Waals surface area contributed by atoms with Crippen LogP contribution in [-0.2, 0) is 16.1 Å². The van der Waals surface area contributed by atoms with Crippen molar-refractivity contribution in [3.63, 3.8) is 0 Å². The molecular weight excluding hydrogens is 381 g/mol. The van der Waals surface area contributed by atoms with Gasteiger partial charge in [-0.2, -0.15) is 0 Å². The Morgan fingerprint density at radius 1 is 1.21 bits per heavy atom. The number of rotatable bonds is 7. The van der Waals surface area contributed by atoms with Crippen LogP contribution < -0.4 is 10.2 Å². The number of nitrogens with zero attached hydrogens (tertiary/aromatic N) is 1. The normalized spacial score (nSPS) is 12.9. The zero-order chi connectivity index (χ0) is 20.8. The molecule has 0 aromatic heterocycles. The molecule has 1 unspecified atom stereocenters. The summed E-state index contributed by atoms with van der Waals surface area (Å²) >= 11 is 6.07. The van der Waals surface area contributed by atoms with Crippen molar-refractivity contribution in [1.82, 2.24) is 4.90 Å². The number of benzene rings is 2. The lowest BCUT2D eigenvalue weighted by Gasteiger charge is -2.26. The molecule has 0 aliphatic rings. The van der Waals surface area contributed by atoms with Crippen molar-refractivity contribution in [1.29, 1.82) is 0 Å². The van der Waals surface area contributed by atoms with E-state index in [0.717, 1.165) is 10.5 Å². The van der Waals surface area contributed by atoms with Crippen LogP contribution in [0, 0.1) is 12.7 Å². The fourth-order valence-electron chi connectivity index (χ4n) is 2.81. The third-order valence-corrected chi connectivity index (χ3v) is 5.07. The summed E-state index contributed by atoms with van der Waals surface area (Å²) < 4.78 is 14.0. The molecule has 150 valence electrons. The predicted molar refractivity (Wildman–Crippen MR) is 109 cm³/mol. The molecule has 0 bridgehead atoms. The van der Waals surface area contributed by atoms with Gasteiger partial charge in [0.05, 0.1) is 24.2 Å². The van der Waals surface area contributed by atoms with Crippen molar-refractivity contribution in [2.24, 2.45) is 0 Å². The highest BCUT2D eigenvalue weighted by Crippen LogP contribution is 2.17. The van der Waals surface area contributed by atoms with Crippen LogP contribution in [0.3, 0.4) is 0 Å². The van der Waals surface area contributed by atoms with E-state index in [0.29, 0.717) is 16.3 Å². The van der Waals surface area contributed by atoms with E-state index in [1.165, 1.54) is 11.0 Å².